The predicted octanol–water partition coefficient (Wildman–Crippen LogP) is -2.58. The Morgan fingerprint density at radius 3 is 1.97 bits per heavy atom. The summed E-state index contributed by atoms with van der Waals surface area (Å²) in [7, 11) is 0. The Labute approximate surface area is 193 Å². The molecule has 0 aliphatic carbocycles. The van der Waals surface area contributed by atoms with Crippen LogP contribution in [-0.4, -0.2) is 85.1 Å². The van der Waals surface area contributed by atoms with Crippen molar-refractivity contribution in [3.63, 3.8) is 0 Å². The van der Waals surface area contributed by atoms with E-state index in [1.165, 1.54) is 12.5 Å². The zero-order valence-corrected chi connectivity index (χ0v) is 18.5. The van der Waals surface area contributed by atoms with Crippen molar-refractivity contribution in [2.75, 3.05) is 0 Å². The van der Waals surface area contributed by atoms with Crippen LogP contribution in [0.5, 0.6) is 0 Å². The molecule has 4 unspecified atom stereocenters. The average molecular weight is 484 g/mol. The molecule has 1 rings (SSSR count). The zero-order chi connectivity index (χ0) is 26.0. The third-order valence-corrected chi connectivity index (χ3v) is 4.58. The highest BCUT2D eigenvalue weighted by atomic mass is 16.4. The van der Waals surface area contributed by atoms with E-state index in [4.69, 9.17) is 15.9 Å². The summed E-state index contributed by atoms with van der Waals surface area (Å²) in [6.45, 7) is 3.12. The molecule has 0 bridgehead atoms. The van der Waals surface area contributed by atoms with E-state index in [-0.39, 0.29) is 6.42 Å². The van der Waals surface area contributed by atoms with E-state index < -0.39 is 78.6 Å². The van der Waals surface area contributed by atoms with E-state index in [0.29, 0.717) is 5.69 Å². The van der Waals surface area contributed by atoms with Crippen LogP contribution in [0.2, 0.25) is 0 Å². The Morgan fingerprint density at radius 1 is 0.912 bits per heavy atom. The molecule has 1 aromatic rings. The van der Waals surface area contributed by atoms with E-state index in [9.17, 15) is 33.9 Å². The Morgan fingerprint density at radius 2 is 1.50 bits per heavy atom. The minimum atomic E-state index is -1.67. The topological polar surface area (TPSA) is 254 Å². The summed E-state index contributed by atoms with van der Waals surface area (Å²) in [5.74, 6) is -7.68. The van der Waals surface area contributed by atoms with Crippen molar-refractivity contribution in [1.82, 2.24) is 25.9 Å². The summed E-state index contributed by atoms with van der Waals surface area (Å²) >= 11 is 0. The van der Waals surface area contributed by atoms with Crippen molar-refractivity contribution >= 4 is 35.6 Å². The summed E-state index contributed by atoms with van der Waals surface area (Å²) < 4.78 is 0. The Kier molecular flexibility index (Phi) is 10.6. The van der Waals surface area contributed by atoms with Crippen LogP contribution < -0.4 is 21.7 Å². The summed E-state index contributed by atoms with van der Waals surface area (Å²) in [5.41, 5.74) is 5.88. The molecule has 188 valence electrons. The number of nitrogens with two attached hydrogens (primary N) is 1. The zero-order valence-electron chi connectivity index (χ0n) is 18.5. The quantitative estimate of drug-likeness (QED) is 0.136. The molecule has 0 radical (unpaired) electrons. The van der Waals surface area contributed by atoms with Crippen molar-refractivity contribution < 1.29 is 44.1 Å². The Bertz CT molecular complexity index is 902. The standard InChI is InChI=1S/C19H28N6O9/c1-8(2)15(18(32)24-12(19(33)34)3-9-6-21-7-22-9)25-17(31)11(5-14(28)29)23-16(30)10(20)4-13(26)27/h6-8,10-12,15H,3-5,20H2,1-2H3,(H,21,22)(H,23,30)(H,24,32)(H,25,31)(H,26,27)(H,28,29)(H,33,34). The molecule has 0 aliphatic heterocycles. The first-order valence-corrected chi connectivity index (χ1v) is 10.1. The number of carbonyl (C=O) groups excluding carboxylic acids is 3. The van der Waals surface area contributed by atoms with Crippen LogP contribution in [-0.2, 0) is 35.2 Å². The van der Waals surface area contributed by atoms with Gasteiger partial charge in [-0.3, -0.25) is 24.0 Å². The first kappa shape index (κ1) is 28.0. The lowest BCUT2D eigenvalue weighted by atomic mass is 10.0. The van der Waals surface area contributed by atoms with Gasteiger partial charge in [0, 0.05) is 18.3 Å². The van der Waals surface area contributed by atoms with Crippen LogP contribution in [0.25, 0.3) is 0 Å². The van der Waals surface area contributed by atoms with Gasteiger partial charge in [-0.2, -0.15) is 0 Å². The van der Waals surface area contributed by atoms with Gasteiger partial charge in [-0.25, -0.2) is 9.78 Å². The summed E-state index contributed by atoms with van der Waals surface area (Å²) in [6.07, 6.45) is 0.988. The molecule has 0 aromatic carbocycles. The second-order valence-corrected chi connectivity index (χ2v) is 7.77. The van der Waals surface area contributed by atoms with Crippen LogP contribution in [0.15, 0.2) is 12.5 Å². The monoisotopic (exact) mass is 484 g/mol. The highest BCUT2D eigenvalue weighted by Gasteiger charge is 2.33. The van der Waals surface area contributed by atoms with Gasteiger partial charge >= 0.3 is 17.9 Å². The van der Waals surface area contributed by atoms with E-state index in [0.717, 1.165) is 0 Å². The van der Waals surface area contributed by atoms with E-state index in [1.807, 2.05) is 0 Å². The molecule has 1 heterocycles. The number of carboxylic acids is 3. The maximum Gasteiger partial charge on any atom is 0.326 e. The maximum atomic E-state index is 12.8. The van der Waals surface area contributed by atoms with E-state index in [2.05, 4.69) is 25.9 Å². The second kappa shape index (κ2) is 12.9. The third-order valence-electron chi connectivity index (χ3n) is 4.58. The highest BCUT2D eigenvalue weighted by molar-refractivity contribution is 5.96. The Balaban J connectivity index is 2.95. The van der Waals surface area contributed by atoms with Gasteiger partial charge in [0.25, 0.3) is 0 Å². The van der Waals surface area contributed by atoms with E-state index in [1.54, 1.807) is 13.8 Å². The molecule has 15 heteroatoms. The SMILES string of the molecule is CC(C)C(NC(=O)C(CC(=O)O)NC(=O)C(N)CC(=O)O)C(=O)NC(Cc1cnc[nH]1)C(=O)O. The fraction of sp³-hybridized carbons (Fsp3) is 0.526. The maximum absolute atomic E-state index is 12.8. The highest BCUT2D eigenvalue weighted by Crippen LogP contribution is 2.07. The van der Waals surface area contributed by atoms with Gasteiger partial charge < -0.3 is 42.0 Å². The molecular formula is C19H28N6O9. The summed E-state index contributed by atoms with van der Waals surface area (Å²) in [4.78, 5) is 77.5. The van der Waals surface area contributed by atoms with Crippen molar-refractivity contribution in [1.29, 1.82) is 0 Å². The van der Waals surface area contributed by atoms with Crippen molar-refractivity contribution in [2.24, 2.45) is 11.7 Å². The molecule has 34 heavy (non-hydrogen) atoms. The normalized spacial score (nSPS) is 14.4. The van der Waals surface area contributed by atoms with Gasteiger partial charge in [-0.1, -0.05) is 13.8 Å². The lowest BCUT2D eigenvalue weighted by molar-refractivity contribution is -0.143. The van der Waals surface area contributed by atoms with Gasteiger partial charge in [-0.15, -0.1) is 0 Å². The average Bonchev–Trinajstić information content (AvgIpc) is 3.22. The third kappa shape index (κ3) is 9.23. The van der Waals surface area contributed by atoms with Crippen molar-refractivity contribution in [3.05, 3.63) is 18.2 Å². The minimum Gasteiger partial charge on any atom is -0.481 e. The van der Waals surface area contributed by atoms with Crippen LogP contribution in [0.1, 0.15) is 32.4 Å². The number of imidazole rings is 1. The van der Waals surface area contributed by atoms with Crippen LogP contribution in [0.4, 0.5) is 0 Å². The number of carboxylic acid groups (broad SMARTS) is 3. The number of nitrogens with one attached hydrogen (secondary N) is 4. The molecule has 0 saturated carbocycles. The lowest BCUT2D eigenvalue weighted by Gasteiger charge is -2.26. The molecule has 4 atom stereocenters. The molecule has 9 N–H and O–H groups in total. The van der Waals surface area contributed by atoms with Crippen molar-refractivity contribution in [2.45, 2.75) is 57.3 Å². The molecule has 0 saturated heterocycles. The number of nitrogens with zero attached hydrogens (tertiary/aromatic N) is 1. The number of H-pyrrole nitrogens is 1. The van der Waals surface area contributed by atoms with Crippen LogP contribution in [0, 0.1) is 5.92 Å². The summed E-state index contributed by atoms with van der Waals surface area (Å²) in [5, 5.41) is 33.9. The van der Waals surface area contributed by atoms with Crippen LogP contribution in [0.3, 0.4) is 0 Å². The molecule has 0 fully saturated rings. The fourth-order valence-corrected chi connectivity index (χ4v) is 2.81. The number of amides is 3. The molecule has 15 nitrogen and oxygen atoms in total. The van der Waals surface area contributed by atoms with E-state index >= 15 is 0 Å². The van der Waals surface area contributed by atoms with Crippen LogP contribution >= 0.6 is 0 Å². The number of aromatic nitrogens is 2. The summed E-state index contributed by atoms with van der Waals surface area (Å²) in [6, 6.07) is -5.84. The lowest BCUT2D eigenvalue weighted by Crippen LogP contribution is -2.59. The molecule has 1 aromatic heterocycles. The van der Waals surface area contributed by atoms with Crippen molar-refractivity contribution in [3.8, 4) is 0 Å². The molecular weight excluding hydrogens is 456 g/mol. The smallest absolute Gasteiger partial charge is 0.326 e. The Hall–Kier alpha value is -4.01. The number of aromatic amines is 1. The van der Waals surface area contributed by atoms with Gasteiger partial charge in [0.1, 0.15) is 18.1 Å². The first-order valence-electron chi connectivity index (χ1n) is 10.1. The largest absolute Gasteiger partial charge is 0.481 e. The number of aliphatic carboxylic acids is 3. The van der Waals surface area contributed by atoms with Gasteiger partial charge in [0.05, 0.1) is 25.2 Å². The van der Waals surface area contributed by atoms with Gasteiger partial charge in [-0.05, 0) is 5.92 Å². The van der Waals surface area contributed by atoms with Gasteiger partial charge in [0.15, 0.2) is 0 Å². The minimum absolute atomic E-state index is 0.112. The second-order valence-electron chi connectivity index (χ2n) is 7.77. The number of rotatable bonds is 14. The molecule has 3 amide bonds. The number of hydrogen-bond acceptors (Lipinski definition) is 8. The number of hydrogen-bond donors (Lipinski definition) is 8. The van der Waals surface area contributed by atoms with Gasteiger partial charge in [0.2, 0.25) is 17.7 Å². The fourth-order valence-electron chi connectivity index (χ4n) is 2.81. The molecule has 0 spiro atoms. The predicted molar refractivity (Wildman–Crippen MR) is 113 cm³/mol. The number of carbonyl (C=O) groups is 6. The first-order chi connectivity index (χ1) is 15.8. The molecule has 0 aliphatic rings.